The van der Waals surface area contributed by atoms with Gasteiger partial charge in [-0.15, -0.1) is 0 Å². The predicted molar refractivity (Wildman–Crippen MR) is 98.1 cm³/mol. The summed E-state index contributed by atoms with van der Waals surface area (Å²) in [7, 11) is 3.85. The Morgan fingerprint density at radius 1 is 1.21 bits per heavy atom. The molecule has 0 radical (unpaired) electrons. The number of aryl methyl sites for hydroxylation is 1. The highest BCUT2D eigenvalue weighted by Gasteiger charge is 2.05. The number of urea groups is 1. The summed E-state index contributed by atoms with van der Waals surface area (Å²) < 4.78 is 0. The number of hydrogen-bond donors (Lipinski definition) is 3. The number of rotatable bonds is 6. The first kappa shape index (κ1) is 17.8. The van der Waals surface area contributed by atoms with Crippen LogP contribution in [-0.2, 0) is 0 Å². The van der Waals surface area contributed by atoms with Gasteiger partial charge in [0.2, 0.25) is 5.95 Å². The molecule has 0 aliphatic heterocycles. The maximum Gasteiger partial charge on any atom is 0.319 e. The van der Waals surface area contributed by atoms with E-state index in [1.807, 2.05) is 32.0 Å². The number of anilines is 3. The molecule has 128 valence electrons. The Morgan fingerprint density at radius 2 is 1.96 bits per heavy atom. The normalized spacial score (nSPS) is 10.2. The van der Waals surface area contributed by atoms with E-state index >= 15 is 0 Å². The lowest BCUT2D eigenvalue weighted by molar-refractivity contribution is 0.252. The lowest BCUT2D eigenvalue weighted by Crippen LogP contribution is -2.33. The number of nitrogens with one attached hydrogen (secondary N) is 3. The van der Waals surface area contributed by atoms with Gasteiger partial charge in [-0.25, -0.2) is 9.78 Å². The van der Waals surface area contributed by atoms with Crippen molar-refractivity contribution < 1.29 is 4.79 Å². The van der Waals surface area contributed by atoms with Crippen molar-refractivity contribution >= 4 is 35.1 Å². The molecule has 0 bridgehead atoms. The lowest BCUT2D eigenvalue weighted by Gasteiger charge is -2.14. The number of benzene rings is 1. The van der Waals surface area contributed by atoms with Gasteiger partial charge in [-0.2, -0.15) is 4.98 Å². The van der Waals surface area contributed by atoms with Crippen molar-refractivity contribution in [3.05, 3.63) is 41.0 Å². The summed E-state index contributed by atoms with van der Waals surface area (Å²) in [5.41, 5.74) is 1.45. The molecule has 0 unspecified atom stereocenters. The van der Waals surface area contributed by atoms with Crippen LogP contribution in [0.4, 0.5) is 22.2 Å². The summed E-state index contributed by atoms with van der Waals surface area (Å²) >= 11 is 5.99. The second kappa shape index (κ2) is 8.35. The van der Waals surface area contributed by atoms with E-state index < -0.39 is 0 Å². The van der Waals surface area contributed by atoms with Crippen LogP contribution in [0.1, 0.15) is 5.69 Å². The van der Waals surface area contributed by atoms with E-state index in [4.69, 9.17) is 11.6 Å². The van der Waals surface area contributed by atoms with Crippen LogP contribution in [0.15, 0.2) is 30.3 Å². The van der Waals surface area contributed by atoms with Gasteiger partial charge in [0, 0.05) is 38.9 Å². The molecule has 1 aromatic carbocycles. The zero-order chi connectivity index (χ0) is 17.5. The molecule has 8 heteroatoms. The maximum absolute atomic E-state index is 11.8. The molecule has 7 nitrogen and oxygen atoms in total. The molecule has 0 saturated heterocycles. The molecule has 2 aromatic rings. The van der Waals surface area contributed by atoms with Crippen LogP contribution in [0.2, 0.25) is 5.02 Å². The highest BCUT2D eigenvalue weighted by molar-refractivity contribution is 6.33. The van der Waals surface area contributed by atoms with Crippen LogP contribution in [0.25, 0.3) is 0 Å². The van der Waals surface area contributed by atoms with Crippen molar-refractivity contribution in [2.75, 3.05) is 42.7 Å². The van der Waals surface area contributed by atoms with E-state index in [9.17, 15) is 4.79 Å². The number of para-hydroxylation sites is 1. The number of halogens is 1. The summed E-state index contributed by atoms with van der Waals surface area (Å²) in [4.78, 5) is 22.4. The molecular formula is C16H21ClN6O. The van der Waals surface area contributed by atoms with Crippen LogP contribution in [-0.4, -0.2) is 43.2 Å². The molecule has 3 N–H and O–H groups in total. The van der Waals surface area contributed by atoms with Gasteiger partial charge in [-0.05, 0) is 19.1 Å². The molecule has 0 spiro atoms. The minimum atomic E-state index is -0.316. The molecule has 0 aliphatic carbocycles. The zero-order valence-electron chi connectivity index (χ0n) is 13.9. The molecule has 1 aromatic heterocycles. The van der Waals surface area contributed by atoms with Gasteiger partial charge in [-0.1, -0.05) is 23.7 Å². The fourth-order valence-corrected chi connectivity index (χ4v) is 2.12. The van der Waals surface area contributed by atoms with Crippen molar-refractivity contribution in [2.45, 2.75) is 6.92 Å². The van der Waals surface area contributed by atoms with Crippen molar-refractivity contribution in [3.8, 4) is 0 Å². The summed E-state index contributed by atoms with van der Waals surface area (Å²) in [6.07, 6.45) is 0. The van der Waals surface area contributed by atoms with E-state index in [1.165, 1.54) is 0 Å². The maximum atomic E-state index is 11.8. The number of carbonyl (C=O) groups is 1. The first-order valence-electron chi connectivity index (χ1n) is 7.52. The fraction of sp³-hybridized carbons (Fsp3) is 0.312. The quantitative estimate of drug-likeness (QED) is 0.699. The van der Waals surface area contributed by atoms with Crippen molar-refractivity contribution in [3.63, 3.8) is 0 Å². The van der Waals surface area contributed by atoms with Gasteiger partial charge in [-0.3, -0.25) is 0 Å². The first-order chi connectivity index (χ1) is 11.5. The van der Waals surface area contributed by atoms with Crippen molar-refractivity contribution in [1.82, 2.24) is 15.3 Å². The summed E-state index contributed by atoms with van der Waals surface area (Å²) in [5, 5.41) is 9.03. The summed E-state index contributed by atoms with van der Waals surface area (Å²) in [6.45, 7) is 2.84. The Balaban J connectivity index is 1.79. The minimum absolute atomic E-state index is 0.316. The van der Waals surface area contributed by atoms with E-state index in [-0.39, 0.29) is 6.03 Å². The van der Waals surface area contributed by atoms with Gasteiger partial charge in [0.15, 0.2) is 0 Å². The standard InChI is InChI=1S/C16H21ClN6O/c1-11-10-14(23(2)3)22-15(20-11)18-8-9-19-16(24)21-13-7-5-4-6-12(13)17/h4-7,10H,8-9H2,1-3H3,(H,18,20,22)(H2,19,21,24). The van der Waals surface area contributed by atoms with Gasteiger partial charge in [0.05, 0.1) is 10.7 Å². The summed E-state index contributed by atoms with van der Waals surface area (Å²) in [5.74, 6) is 1.36. The van der Waals surface area contributed by atoms with Crippen LogP contribution >= 0.6 is 11.6 Å². The van der Waals surface area contributed by atoms with Crippen LogP contribution in [0, 0.1) is 6.92 Å². The van der Waals surface area contributed by atoms with Crippen molar-refractivity contribution in [2.24, 2.45) is 0 Å². The van der Waals surface area contributed by atoms with E-state index in [0.29, 0.717) is 29.7 Å². The average Bonchev–Trinajstić information content (AvgIpc) is 2.53. The molecule has 2 amide bonds. The largest absolute Gasteiger partial charge is 0.363 e. The number of amides is 2. The van der Waals surface area contributed by atoms with E-state index in [0.717, 1.165) is 11.5 Å². The lowest BCUT2D eigenvalue weighted by atomic mass is 10.3. The molecule has 0 saturated carbocycles. The van der Waals surface area contributed by atoms with Gasteiger partial charge in [0.25, 0.3) is 0 Å². The molecular weight excluding hydrogens is 328 g/mol. The zero-order valence-corrected chi connectivity index (χ0v) is 14.7. The summed E-state index contributed by atoms with van der Waals surface area (Å²) in [6, 6.07) is 8.66. The van der Waals surface area contributed by atoms with E-state index in [1.54, 1.807) is 24.3 Å². The third kappa shape index (κ3) is 5.27. The van der Waals surface area contributed by atoms with Crippen LogP contribution in [0.3, 0.4) is 0 Å². The fourth-order valence-electron chi connectivity index (χ4n) is 1.94. The number of nitrogens with zero attached hydrogens (tertiary/aromatic N) is 3. The Kier molecular flexibility index (Phi) is 6.20. The molecule has 24 heavy (non-hydrogen) atoms. The molecule has 0 fully saturated rings. The Bertz CT molecular complexity index is 707. The van der Waals surface area contributed by atoms with Gasteiger partial charge in [0.1, 0.15) is 5.82 Å². The molecule has 0 atom stereocenters. The highest BCUT2D eigenvalue weighted by Crippen LogP contribution is 2.20. The smallest absolute Gasteiger partial charge is 0.319 e. The van der Waals surface area contributed by atoms with Crippen LogP contribution in [0.5, 0.6) is 0 Å². The number of hydrogen-bond acceptors (Lipinski definition) is 5. The molecule has 1 heterocycles. The van der Waals surface area contributed by atoms with Crippen molar-refractivity contribution in [1.29, 1.82) is 0 Å². The third-order valence-electron chi connectivity index (χ3n) is 3.11. The number of carbonyl (C=O) groups excluding carboxylic acids is 1. The molecule has 0 aliphatic rings. The van der Waals surface area contributed by atoms with E-state index in [2.05, 4.69) is 25.9 Å². The average molecular weight is 349 g/mol. The SMILES string of the molecule is Cc1cc(N(C)C)nc(NCCNC(=O)Nc2ccccc2Cl)n1. The Hall–Kier alpha value is -2.54. The monoisotopic (exact) mass is 348 g/mol. The Morgan fingerprint density at radius 3 is 2.67 bits per heavy atom. The van der Waals surface area contributed by atoms with Gasteiger partial charge < -0.3 is 20.9 Å². The predicted octanol–water partition coefficient (Wildman–Crippen LogP) is 2.74. The highest BCUT2D eigenvalue weighted by atomic mass is 35.5. The van der Waals surface area contributed by atoms with Gasteiger partial charge >= 0.3 is 6.03 Å². The first-order valence-corrected chi connectivity index (χ1v) is 7.90. The van der Waals surface area contributed by atoms with Crippen LogP contribution < -0.4 is 20.9 Å². The number of aromatic nitrogens is 2. The third-order valence-corrected chi connectivity index (χ3v) is 3.44. The minimum Gasteiger partial charge on any atom is -0.363 e. The second-order valence-corrected chi connectivity index (χ2v) is 5.78. The second-order valence-electron chi connectivity index (χ2n) is 5.37. The topological polar surface area (TPSA) is 82.2 Å². The Labute approximate surface area is 146 Å². The molecule has 2 rings (SSSR count).